The van der Waals surface area contributed by atoms with Gasteiger partial charge < -0.3 is 24.8 Å². The van der Waals surface area contributed by atoms with Crippen LogP contribution in [0.4, 0.5) is 0 Å². The third-order valence-electron chi connectivity index (χ3n) is 7.81. The molecule has 190 valence electrons. The van der Waals surface area contributed by atoms with Crippen LogP contribution in [0.3, 0.4) is 0 Å². The van der Waals surface area contributed by atoms with Gasteiger partial charge >= 0.3 is 0 Å². The molecule has 1 fully saturated rings. The van der Waals surface area contributed by atoms with Gasteiger partial charge in [-0.15, -0.1) is 0 Å². The van der Waals surface area contributed by atoms with Gasteiger partial charge in [0, 0.05) is 34.6 Å². The number of hydrogen-bond acceptors (Lipinski definition) is 4. The maximum Gasteiger partial charge on any atom is 0.249 e. The highest BCUT2D eigenvalue weighted by atomic mass is 35.5. The number of aromatic hydroxyl groups is 1. The van der Waals surface area contributed by atoms with E-state index < -0.39 is 11.6 Å². The molecule has 0 bridgehead atoms. The second kappa shape index (κ2) is 9.45. The number of nitrogens with zero attached hydrogens (tertiary/aromatic N) is 3. The minimum atomic E-state index is -1.05. The van der Waals surface area contributed by atoms with Gasteiger partial charge in [-0.1, -0.05) is 37.6 Å². The first kappa shape index (κ1) is 24.7. The number of H-pyrrole nitrogens is 1. The van der Waals surface area contributed by atoms with Crippen molar-refractivity contribution in [2.45, 2.75) is 45.2 Å². The SMILES string of the molecule is CCN(CC)CCCN1CC(=O)N2[C@H](c3cccc(O)c3)c3[nH]c4ccc(Cl)cc4c3C[C@]2(C)C1=O. The van der Waals surface area contributed by atoms with Crippen molar-refractivity contribution in [2.75, 3.05) is 32.7 Å². The third-order valence-corrected chi connectivity index (χ3v) is 8.05. The van der Waals surface area contributed by atoms with Crippen LogP contribution in [0.25, 0.3) is 10.9 Å². The molecule has 2 aliphatic heterocycles. The first-order chi connectivity index (χ1) is 17.3. The smallest absolute Gasteiger partial charge is 0.249 e. The van der Waals surface area contributed by atoms with Crippen molar-refractivity contribution >= 4 is 34.3 Å². The summed E-state index contributed by atoms with van der Waals surface area (Å²) in [6, 6.07) is 12.1. The van der Waals surface area contributed by atoms with E-state index in [1.165, 1.54) is 0 Å². The van der Waals surface area contributed by atoms with E-state index in [2.05, 4.69) is 23.7 Å². The number of piperazine rings is 1. The largest absolute Gasteiger partial charge is 0.508 e. The molecule has 36 heavy (non-hydrogen) atoms. The van der Waals surface area contributed by atoms with Crippen LogP contribution in [-0.4, -0.2) is 74.9 Å². The lowest BCUT2D eigenvalue weighted by molar-refractivity contribution is -0.167. The van der Waals surface area contributed by atoms with Crippen LogP contribution in [0, 0.1) is 0 Å². The van der Waals surface area contributed by atoms with Crippen molar-refractivity contribution in [1.82, 2.24) is 19.7 Å². The summed E-state index contributed by atoms with van der Waals surface area (Å²) in [4.78, 5) is 37.1. The molecule has 0 saturated carbocycles. The molecule has 2 atom stereocenters. The Morgan fingerprint density at radius 3 is 2.67 bits per heavy atom. The number of hydrogen-bond donors (Lipinski definition) is 2. The summed E-state index contributed by atoms with van der Waals surface area (Å²) in [7, 11) is 0. The minimum Gasteiger partial charge on any atom is -0.508 e. The molecule has 2 N–H and O–H groups in total. The van der Waals surface area contributed by atoms with E-state index in [1.807, 2.05) is 31.2 Å². The predicted molar refractivity (Wildman–Crippen MR) is 141 cm³/mol. The quantitative estimate of drug-likeness (QED) is 0.497. The summed E-state index contributed by atoms with van der Waals surface area (Å²) in [5, 5.41) is 11.8. The summed E-state index contributed by atoms with van der Waals surface area (Å²) in [6.07, 6.45) is 1.22. The molecule has 1 saturated heterocycles. The van der Waals surface area contributed by atoms with Crippen LogP contribution in [0.15, 0.2) is 42.5 Å². The van der Waals surface area contributed by atoms with Crippen LogP contribution >= 0.6 is 11.6 Å². The van der Waals surface area contributed by atoms with Crippen molar-refractivity contribution in [3.63, 3.8) is 0 Å². The number of carbonyl (C=O) groups excluding carboxylic acids is 2. The van der Waals surface area contributed by atoms with Crippen molar-refractivity contribution in [3.8, 4) is 5.75 Å². The Morgan fingerprint density at radius 1 is 1.17 bits per heavy atom. The molecule has 3 aromatic rings. The van der Waals surface area contributed by atoms with Gasteiger partial charge in [-0.05, 0) is 74.4 Å². The van der Waals surface area contributed by atoms with E-state index >= 15 is 0 Å². The van der Waals surface area contributed by atoms with Crippen LogP contribution in [0.1, 0.15) is 50.1 Å². The number of aromatic nitrogens is 1. The Labute approximate surface area is 216 Å². The van der Waals surface area contributed by atoms with Gasteiger partial charge in [-0.2, -0.15) is 0 Å². The molecule has 2 aromatic carbocycles. The summed E-state index contributed by atoms with van der Waals surface area (Å²) < 4.78 is 0. The van der Waals surface area contributed by atoms with Crippen LogP contribution in [0.2, 0.25) is 5.02 Å². The number of aromatic amines is 1. The lowest BCUT2D eigenvalue weighted by atomic mass is 9.78. The fourth-order valence-corrected chi connectivity index (χ4v) is 6.15. The van der Waals surface area contributed by atoms with Crippen LogP contribution in [0.5, 0.6) is 5.75 Å². The molecule has 0 radical (unpaired) electrons. The number of rotatable bonds is 7. The number of halogens is 1. The maximum absolute atomic E-state index is 14.1. The van der Waals surface area contributed by atoms with Gasteiger partial charge in [-0.3, -0.25) is 9.59 Å². The number of phenols is 1. The average molecular weight is 509 g/mol. The molecule has 7 nitrogen and oxygen atoms in total. The van der Waals surface area contributed by atoms with Gasteiger partial charge in [0.1, 0.15) is 11.3 Å². The third kappa shape index (κ3) is 4.04. The Balaban J connectivity index is 1.58. The van der Waals surface area contributed by atoms with Crippen molar-refractivity contribution in [1.29, 1.82) is 0 Å². The first-order valence-electron chi connectivity index (χ1n) is 12.7. The lowest BCUT2D eigenvalue weighted by Gasteiger charge is -2.53. The molecule has 0 aliphatic carbocycles. The molecular weight excluding hydrogens is 476 g/mol. The number of phenolic OH excluding ortho intramolecular Hbond substituents is 1. The summed E-state index contributed by atoms with van der Waals surface area (Å²) >= 11 is 6.36. The second-order valence-corrected chi connectivity index (χ2v) is 10.5. The normalized spacial score (nSPS) is 21.9. The zero-order valence-corrected chi connectivity index (χ0v) is 21.8. The number of nitrogens with one attached hydrogen (secondary N) is 1. The number of fused-ring (bicyclic) bond motifs is 4. The van der Waals surface area contributed by atoms with Gasteiger partial charge in [0.05, 0.1) is 12.6 Å². The van der Waals surface area contributed by atoms with Crippen molar-refractivity contribution in [2.24, 2.45) is 0 Å². The molecular formula is C28H33ClN4O3. The second-order valence-electron chi connectivity index (χ2n) is 10.0. The Morgan fingerprint density at radius 2 is 1.94 bits per heavy atom. The molecule has 0 spiro atoms. The highest BCUT2D eigenvalue weighted by molar-refractivity contribution is 6.31. The van der Waals surface area contributed by atoms with Gasteiger partial charge in [0.15, 0.2) is 0 Å². The van der Waals surface area contributed by atoms with Crippen LogP contribution < -0.4 is 0 Å². The highest BCUT2D eigenvalue weighted by Gasteiger charge is 2.55. The monoisotopic (exact) mass is 508 g/mol. The molecule has 1 aromatic heterocycles. The predicted octanol–water partition coefficient (Wildman–Crippen LogP) is 4.33. The molecule has 2 aliphatic rings. The van der Waals surface area contributed by atoms with Crippen LogP contribution in [-0.2, 0) is 16.0 Å². The average Bonchev–Trinajstić information content (AvgIpc) is 3.20. The molecule has 5 rings (SSSR count). The molecule has 3 heterocycles. The van der Waals surface area contributed by atoms with E-state index in [0.29, 0.717) is 18.0 Å². The van der Waals surface area contributed by atoms with E-state index in [9.17, 15) is 14.7 Å². The maximum atomic E-state index is 14.1. The zero-order valence-electron chi connectivity index (χ0n) is 21.1. The Kier molecular flexibility index (Phi) is 6.47. The zero-order chi connectivity index (χ0) is 25.6. The lowest BCUT2D eigenvalue weighted by Crippen LogP contribution is -2.69. The number of carbonyl (C=O) groups is 2. The van der Waals surface area contributed by atoms with E-state index in [-0.39, 0.29) is 24.1 Å². The van der Waals surface area contributed by atoms with Gasteiger partial charge in [0.25, 0.3) is 0 Å². The highest BCUT2D eigenvalue weighted by Crippen LogP contribution is 2.47. The summed E-state index contributed by atoms with van der Waals surface area (Å²) in [6.45, 7) is 9.57. The fourth-order valence-electron chi connectivity index (χ4n) is 5.97. The summed E-state index contributed by atoms with van der Waals surface area (Å²) in [5.41, 5.74) is 2.48. The summed E-state index contributed by atoms with van der Waals surface area (Å²) in [5.74, 6) is -0.00116. The first-order valence-corrected chi connectivity index (χ1v) is 13.1. The van der Waals surface area contributed by atoms with E-state index in [0.717, 1.165) is 53.8 Å². The van der Waals surface area contributed by atoms with E-state index in [1.54, 1.807) is 28.0 Å². The van der Waals surface area contributed by atoms with Gasteiger partial charge in [-0.25, -0.2) is 0 Å². The standard InChI is InChI=1S/C28H33ClN4O3/c1-4-31(5-2)12-7-13-32-17-24(35)33-26(18-8-6-9-20(34)14-18)25-22(16-28(33,3)27(32)36)21-15-19(29)10-11-23(21)30-25/h6,8-11,14-15,26,30,34H,4-5,7,12-13,16-17H2,1-3H3/t26-,28-/m1/s1. The fraction of sp³-hybridized carbons (Fsp3) is 0.429. The Hall–Kier alpha value is -3.03. The molecule has 2 amide bonds. The minimum absolute atomic E-state index is 0.0335. The van der Waals surface area contributed by atoms with Crippen molar-refractivity contribution < 1.29 is 14.7 Å². The van der Waals surface area contributed by atoms with E-state index in [4.69, 9.17) is 11.6 Å². The van der Waals surface area contributed by atoms with Gasteiger partial charge in [0.2, 0.25) is 11.8 Å². The topological polar surface area (TPSA) is 79.9 Å². The Bertz CT molecular complexity index is 1320. The number of amides is 2. The molecule has 0 unspecified atom stereocenters. The number of benzene rings is 2. The van der Waals surface area contributed by atoms with Crippen molar-refractivity contribution in [3.05, 3.63) is 64.3 Å². The molecule has 8 heteroatoms.